The molecule has 116 valence electrons. The molecule has 0 radical (unpaired) electrons. The van der Waals surface area contributed by atoms with Crippen LogP contribution in [0.3, 0.4) is 0 Å². The van der Waals surface area contributed by atoms with Crippen LogP contribution < -0.4 is 9.62 Å². The largest absolute Gasteiger partial charge is 0.475 e. The van der Waals surface area contributed by atoms with Crippen LogP contribution >= 0.6 is 12.8 Å². The van der Waals surface area contributed by atoms with Crippen molar-refractivity contribution in [1.82, 2.24) is 0 Å². The van der Waals surface area contributed by atoms with E-state index < -0.39 is 18.1 Å². The summed E-state index contributed by atoms with van der Waals surface area (Å²) in [6.07, 6.45) is 0.457. The van der Waals surface area contributed by atoms with Crippen LogP contribution in [0.5, 0.6) is 0 Å². The molecule has 0 aliphatic heterocycles. The Labute approximate surface area is 131 Å². The van der Waals surface area contributed by atoms with Gasteiger partial charge in [-0.25, -0.2) is 13.9 Å². The lowest BCUT2D eigenvalue weighted by atomic mass is 10.1. The molecular formula is C14H14N2O5S. The molecule has 2 amide bonds. The Kier molecular flexibility index (Phi) is 4.74. The van der Waals surface area contributed by atoms with E-state index in [1.165, 1.54) is 6.07 Å². The van der Waals surface area contributed by atoms with Gasteiger partial charge in [-0.3, -0.25) is 0 Å². The van der Waals surface area contributed by atoms with Gasteiger partial charge in [0.2, 0.25) is 5.76 Å². The van der Waals surface area contributed by atoms with E-state index in [0.29, 0.717) is 11.3 Å². The van der Waals surface area contributed by atoms with Crippen molar-refractivity contribution in [2.45, 2.75) is 13.0 Å². The van der Waals surface area contributed by atoms with Crippen molar-refractivity contribution in [3.05, 3.63) is 47.9 Å². The highest BCUT2D eigenvalue weighted by molar-refractivity contribution is 7.82. The number of carboxylic acids is 1. The van der Waals surface area contributed by atoms with E-state index in [0.717, 1.165) is 10.6 Å². The second-order valence-corrected chi connectivity index (χ2v) is 4.92. The Morgan fingerprint density at radius 2 is 2.09 bits per heavy atom. The van der Waals surface area contributed by atoms with E-state index >= 15 is 0 Å². The number of anilines is 2. The summed E-state index contributed by atoms with van der Waals surface area (Å²) in [7, 11) is 0. The molecule has 8 heteroatoms. The predicted octanol–water partition coefficient (Wildman–Crippen LogP) is 2.91. The smallest absolute Gasteiger partial charge is 0.371 e. The first-order valence-electron chi connectivity index (χ1n) is 6.28. The number of nitrogens with zero attached hydrogens (tertiary/aromatic N) is 1. The van der Waals surface area contributed by atoms with Crippen LogP contribution in [0.2, 0.25) is 0 Å². The van der Waals surface area contributed by atoms with E-state index in [1.807, 2.05) is 0 Å². The first kappa shape index (κ1) is 15.9. The summed E-state index contributed by atoms with van der Waals surface area (Å²) in [5.74, 6) is -1.53. The number of carbonyl (C=O) groups excluding carboxylic acids is 1. The number of amides is 2. The maximum absolute atomic E-state index is 12.1. The van der Waals surface area contributed by atoms with E-state index in [-0.39, 0.29) is 11.4 Å². The summed E-state index contributed by atoms with van der Waals surface area (Å²) in [6, 6.07) is 7.30. The maximum Gasteiger partial charge on any atom is 0.371 e. The van der Waals surface area contributed by atoms with Crippen molar-refractivity contribution in [3.8, 4) is 0 Å². The number of aliphatic hydroxyl groups is 1. The quantitative estimate of drug-likeness (QED) is 0.648. The van der Waals surface area contributed by atoms with Crippen LogP contribution in [0.15, 0.2) is 41.0 Å². The fraction of sp³-hybridized carbons (Fsp3) is 0.143. The third kappa shape index (κ3) is 3.60. The topological polar surface area (TPSA) is 103 Å². The van der Waals surface area contributed by atoms with Crippen molar-refractivity contribution in [1.29, 1.82) is 0 Å². The van der Waals surface area contributed by atoms with Crippen LogP contribution in [-0.4, -0.2) is 22.2 Å². The van der Waals surface area contributed by atoms with Crippen molar-refractivity contribution in [2.24, 2.45) is 0 Å². The highest BCUT2D eigenvalue weighted by Gasteiger charge is 2.17. The zero-order valence-electron chi connectivity index (χ0n) is 11.6. The van der Waals surface area contributed by atoms with E-state index in [2.05, 4.69) is 18.1 Å². The van der Waals surface area contributed by atoms with Gasteiger partial charge in [-0.1, -0.05) is 24.9 Å². The number of furan rings is 1. The number of thiol groups is 1. The number of aliphatic hydroxyl groups excluding tert-OH is 1. The van der Waals surface area contributed by atoms with Gasteiger partial charge >= 0.3 is 12.0 Å². The summed E-state index contributed by atoms with van der Waals surface area (Å²) in [6.45, 7) is 1.62. The van der Waals surface area contributed by atoms with Gasteiger partial charge in [-0.2, -0.15) is 0 Å². The predicted molar refractivity (Wildman–Crippen MR) is 83.2 cm³/mol. The molecule has 1 atom stereocenters. The van der Waals surface area contributed by atoms with Crippen LogP contribution in [0.1, 0.15) is 29.1 Å². The van der Waals surface area contributed by atoms with E-state index in [4.69, 9.17) is 9.52 Å². The zero-order valence-corrected chi connectivity index (χ0v) is 12.4. The summed E-state index contributed by atoms with van der Waals surface area (Å²) in [5, 5.41) is 20.9. The van der Waals surface area contributed by atoms with Crippen LogP contribution in [0.4, 0.5) is 16.2 Å². The molecule has 3 N–H and O–H groups in total. The molecule has 0 saturated carbocycles. The second-order valence-electron chi connectivity index (χ2n) is 4.52. The van der Waals surface area contributed by atoms with Gasteiger partial charge in [-0.05, 0) is 24.6 Å². The molecule has 7 nitrogen and oxygen atoms in total. The first-order valence-corrected chi connectivity index (χ1v) is 6.68. The van der Waals surface area contributed by atoms with Gasteiger partial charge in [0, 0.05) is 11.8 Å². The van der Waals surface area contributed by atoms with Gasteiger partial charge in [0.1, 0.15) is 6.26 Å². The van der Waals surface area contributed by atoms with Gasteiger partial charge in [0.05, 0.1) is 11.8 Å². The summed E-state index contributed by atoms with van der Waals surface area (Å²) in [5.41, 5.74) is 1.31. The lowest BCUT2D eigenvalue weighted by molar-refractivity contribution is 0.0662. The summed E-state index contributed by atoms with van der Waals surface area (Å²) >= 11 is 4.01. The molecule has 1 heterocycles. The minimum absolute atomic E-state index is 0.185. The standard InChI is InChI=1S/C14H14N2O5S/c1-8(17)9-3-2-4-10(5-9)15-14(20)16(22)11-6-12(13(18)19)21-7-11/h2-8,17,22H,1H3,(H,15,20)(H,18,19). The van der Waals surface area contributed by atoms with Crippen molar-refractivity contribution >= 4 is 36.2 Å². The molecule has 1 unspecified atom stereocenters. The number of aromatic carboxylic acids is 1. The monoisotopic (exact) mass is 322 g/mol. The van der Waals surface area contributed by atoms with Crippen LogP contribution in [0.25, 0.3) is 0 Å². The van der Waals surface area contributed by atoms with Crippen LogP contribution in [-0.2, 0) is 0 Å². The highest BCUT2D eigenvalue weighted by atomic mass is 32.1. The SMILES string of the molecule is CC(O)c1cccc(NC(=O)N(S)c2coc(C(=O)O)c2)c1. The lowest BCUT2D eigenvalue weighted by Crippen LogP contribution is -2.26. The molecular weight excluding hydrogens is 308 g/mol. The van der Waals surface area contributed by atoms with Crippen molar-refractivity contribution in [3.63, 3.8) is 0 Å². The van der Waals surface area contributed by atoms with Gasteiger partial charge < -0.3 is 19.9 Å². The average molecular weight is 322 g/mol. The number of hydrogen-bond donors (Lipinski definition) is 4. The molecule has 0 aliphatic carbocycles. The average Bonchev–Trinajstić information content (AvgIpc) is 2.96. The molecule has 22 heavy (non-hydrogen) atoms. The molecule has 0 fully saturated rings. The van der Waals surface area contributed by atoms with Gasteiger partial charge in [0.25, 0.3) is 0 Å². The number of rotatable bonds is 4. The molecule has 2 aromatic rings. The van der Waals surface area contributed by atoms with Gasteiger partial charge in [0.15, 0.2) is 0 Å². The minimum Gasteiger partial charge on any atom is -0.475 e. The Balaban J connectivity index is 2.10. The molecule has 1 aromatic carbocycles. The third-order valence-electron chi connectivity index (χ3n) is 2.85. The number of nitrogens with one attached hydrogen (secondary N) is 1. The van der Waals surface area contributed by atoms with Gasteiger partial charge in [-0.15, -0.1) is 0 Å². The Hall–Kier alpha value is -2.45. The molecule has 0 saturated heterocycles. The third-order valence-corrected chi connectivity index (χ3v) is 3.27. The Bertz CT molecular complexity index is 698. The maximum atomic E-state index is 12.1. The molecule has 0 aliphatic rings. The fourth-order valence-electron chi connectivity index (χ4n) is 1.72. The van der Waals surface area contributed by atoms with Crippen LogP contribution in [0, 0.1) is 0 Å². The summed E-state index contributed by atoms with van der Waals surface area (Å²) in [4.78, 5) is 22.8. The lowest BCUT2D eigenvalue weighted by Gasteiger charge is -2.15. The fourth-order valence-corrected chi connectivity index (χ4v) is 1.87. The van der Waals surface area contributed by atoms with E-state index in [1.54, 1.807) is 31.2 Å². The molecule has 0 spiro atoms. The normalized spacial score (nSPS) is 11.8. The minimum atomic E-state index is -1.24. The second kappa shape index (κ2) is 6.54. The number of hydrogen-bond acceptors (Lipinski definition) is 5. The molecule has 1 aromatic heterocycles. The number of benzene rings is 1. The first-order chi connectivity index (χ1) is 10.4. The number of carboxylic acid groups (broad SMARTS) is 1. The van der Waals surface area contributed by atoms with Crippen molar-refractivity contribution in [2.75, 3.05) is 9.62 Å². The summed E-state index contributed by atoms with van der Waals surface area (Å²) < 4.78 is 5.72. The molecule has 2 rings (SSSR count). The zero-order chi connectivity index (χ0) is 16.3. The molecule has 0 bridgehead atoms. The van der Waals surface area contributed by atoms with E-state index in [9.17, 15) is 14.7 Å². The highest BCUT2D eigenvalue weighted by Crippen LogP contribution is 2.22. The Morgan fingerprint density at radius 1 is 1.36 bits per heavy atom. The van der Waals surface area contributed by atoms with Crippen molar-refractivity contribution < 1.29 is 24.2 Å². The number of urea groups is 1. The Morgan fingerprint density at radius 3 is 2.68 bits per heavy atom. The number of carbonyl (C=O) groups is 2.